The number of hydrogen-bond acceptors (Lipinski definition) is 6. The monoisotopic (exact) mass is 368 g/mol. The standard InChI is InChI=1S/C16H24N4O4S/c1-3-16(21)17-7-4-8-19(2)25(22,23)14-5-6-15(18-13-14)20-9-11-24-12-10-20/h3,5-6,13H,1,4,7-12H2,2H3,(H,17,21). The molecule has 0 saturated carbocycles. The first-order valence-electron chi connectivity index (χ1n) is 8.10. The molecule has 0 atom stereocenters. The van der Waals surface area contributed by atoms with E-state index in [1.54, 1.807) is 12.1 Å². The molecule has 0 aromatic carbocycles. The largest absolute Gasteiger partial charge is 0.378 e. The van der Waals surface area contributed by atoms with Gasteiger partial charge in [-0.2, -0.15) is 0 Å². The average Bonchev–Trinajstić information content (AvgIpc) is 2.65. The highest BCUT2D eigenvalue weighted by molar-refractivity contribution is 7.89. The number of pyridine rings is 1. The summed E-state index contributed by atoms with van der Waals surface area (Å²) in [5.74, 6) is 0.477. The van der Waals surface area contributed by atoms with Gasteiger partial charge < -0.3 is 15.0 Å². The van der Waals surface area contributed by atoms with Gasteiger partial charge in [0.15, 0.2) is 0 Å². The third kappa shape index (κ3) is 5.25. The van der Waals surface area contributed by atoms with Crippen LogP contribution in [0.4, 0.5) is 5.82 Å². The molecule has 1 fully saturated rings. The van der Waals surface area contributed by atoms with Crippen molar-refractivity contribution in [2.75, 3.05) is 51.3 Å². The van der Waals surface area contributed by atoms with Crippen molar-refractivity contribution < 1.29 is 17.9 Å². The molecule has 0 aliphatic carbocycles. The Kier molecular flexibility index (Phi) is 6.91. The SMILES string of the molecule is C=CC(=O)NCCCN(C)S(=O)(=O)c1ccc(N2CCOCC2)nc1. The maximum Gasteiger partial charge on any atom is 0.244 e. The number of nitrogens with one attached hydrogen (secondary N) is 1. The highest BCUT2D eigenvalue weighted by Gasteiger charge is 2.21. The molecule has 2 heterocycles. The summed E-state index contributed by atoms with van der Waals surface area (Å²) in [7, 11) is -2.08. The van der Waals surface area contributed by atoms with E-state index in [1.165, 1.54) is 23.6 Å². The fourth-order valence-electron chi connectivity index (χ4n) is 2.39. The zero-order valence-corrected chi connectivity index (χ0v) is 15.2. The molecular formula is C16H24N4O4S. The molecule has 0 spiro atoms. The van der Waals surface area contributed by atoms with Gasteiger partial charge in [-0.15, -0.1) is 0 Å². The Hall–Kier alpha value is -1.97. The number of aromatic nitrogens is 1. The molecule has 2 rings (SSSR count). The van der Waals surface area contributed by atoms with Crippen molar-refractivity contribution in [3.63, 3.8) is 0 Å². The lowest BCUT2D eigenvalue weighted by atomic mass is 10.4. The normalized spacial score (nSPS) is 15.2. The van der Waals surface area contributed by atoms with Crippen molar-refractivity contribution >= 4 is 21.7 Å². The van der Waals surface area contributed by atoms with Crippen molar-refractivity contribution in [3.8, 4) is 0 Å². The van der Waals surface area contributed by atoms with E-state index >= 15 is 0 Å². The molecule has 1 saturated heterocycles. The van der Waals surface area contributed by atoms with E-state index in [0.29, 0.717) is 32.7 Å². The number of nitrogens with zero attached hydrogens (tertiary/aromatic N) is 3. The topological polar surface area (TPSA) is 91.8 Å². The Morgan fingerprint density at radius 3 is 2.76 bits per heavy atom. The minimum Gasteiger partial charge on any atom is -0.378 e. The number of rotatable bonds is 8. The Morgan fingerprint density at radius 2 is 2.16 bits per heavy atom. The summed E-state index contributed by atoms with van der Waals surface area (Å²) in [6.07, 6.45) is 3.08. The van der Waals surface area contributed by atoms with Crippen LogP contribution in [0, 0.1) is 0 Å². The number of amides is 1. The molecule has 1 aromatic heterocycles. The number of sulfonamides is 1. The third-order valence-electron chi connectivity index (χ3n) is 3.90. The molecule has 1 amide bonds. The van der Waals surface area contributed by atoms with Crippen molar-refractivity contribution in [1.29, 1.82) is 0 Å². The van der Waals surface area contributed by atoms with Gasteiger partial charge in [0.2, 0.25) is 15.9 Å². The molecule has 138 valence electrons. The predicted octanol–water partition coefficient (Wildman–Crippen LogP) is 0.231. The molecule has 9 heteroatoms. The smallest absolute Gasteiger partial charge is 0.244 e. The van der Waals surface area contributed by atoms with E-state index in [1.807, 2.05) is 0 Å². The van der Waals surface area contributed by atoms with E-state index in [2.05, 4.69) is 21.8 Å². The van der Waals surface area contributed by atoms with Gasteiger partial charge in [-0.05, 0) is 24.6 Å². The fraction of sp³-hybridized carbons (Fsp3) is 0.500. The predicted molar refractivity (Wildman–Crippen MR) is 94.9 cm³/mol. The number of anilines is 1. The first-order valence-corrected chi connectivity index (χ1v) is 9.54. The van der Waals surface area contributed by atoms with Crippen LogP contribution in [0.15, 0.2) is 35.9 Å². The summed E-state index contributed by atoms with van der Waals surface area (Å²) < 4.78 is 31.7. The zero-order chi connectivity index (χ0) is 18.3. The second-order valence-corrected chi connectivity index (χ2v) is 7.67. The van der Waals surface area contributed by atoms with Crippen LogP contribution in [0.3, 0.4) is 0 Å². The average molecular weight is 368 g/mol. The number of morpholine rings is 1. The maximum atomic E-state index is 12.6. The second-order valence-electron chi connectivity index (χ2n) is 5.63. The zero-order valence-electron chi connectivity index (χ0n) is 14.3. The van der Waals surface area contributed by atoms with Crippen LogP contribution in [0.5, 0.6) is 0 Å². The summed E-state index contributed by atoms with van der Waals surface area (Å²) in [6.45, 7) is 6.83. The van der Waals surface area contributed by atoms with Gasteiger partial charge in [0.25, 0.3) is 0 Å². The van der Waals surface area contributed by atoms with Crippen LogP contribution in [-0.4, -0.2) is 70.1 Å². The van der Waals surface area contributed by atoms with Crippen molar-refractivity contribution in [3.05, 3.63) is 31.0 Å². The highest BCUT2D eigenvalue weighted by Crippen LogP contribution is 2.18. The third-order valence-corrected chi connectivity index (χ3v) is 5.74. The van der Waals surface area contributed by atoms with Crippen molar-refractivity contribution in [2.45, 2.75) is 11.3 Å². The van der Waals surface area contributed by atoms with Gasteiger partial charge >= 0.3 is 0 Å². The Morgan fingerprint density at radius 1 is 1.44 bits per heavy atom. The molecule has 0 unspecified atom stereocenters. The molecule has 1 aliphatic heterocycles. The van der Waals surface area contributed by atoms with Gasteiger partial charge in [-0.25, -0.2) is 17.7 Å². The minimum atomic E-state index is -3.60. The molecule has 0 bridgehead atoms. The molecule has 1 N–H and O–H groups in total. The summed E-state index contributed by atoms with van der Waals surface area (Å²) >= 11 is 0. The van der Waals surface area contributed by atoms with E-state index in [0.717, 1.165) is 18.9 Å². The molecule has 1 aromatic rings. The van der Waals surface area contributed by atoms with E-state index in [9.17, 15) is 13.2 Å². The van der Waals surface area contributed by atoms with Crippen LogP contribution < -0.4 is 10.2 Å². The lowest BCUT2D eigenvalue weighted by Gasteiger charge is -2.27. The van der Waals surface area contributed by atoms with E-state index in [-0.39, 0.29) is 10.8 Å². The summed E-state index contributed by atoms with van der Waals surface area (Å²) in [4.78, 5) is 17.6. The van der Waals surface area contributed by atoms with Gasteiger partial charge in [-0.1, -0.05) is 6.58 Å². The van der Waals surface area contributed by atoms with Crippen molar-refractivity contribution in [1.82, 2.24) is 14.6 Å². The lowest BCUT2D eigenvalue weighted by molar-refractivity contribution is -0.116. The summed E-state index contributed by atoms with van der Waals surface area (Å²) in [5.41, 5.74) is 0. The van der Waals surface area contributed by atoms with Crippen LogP contribution in [0.2, 0.25) is 0 Å². The number of hydrogen-bond donors (Lipinski definition) is 1. The van der Waals surface area contributed by atoms with Gasteiger partial charge in [-0.3, -0.25) is 4.79 Å². The molecule has 25 heavy (non-hydrogen) atoms. The number of carbonyl (C=O) groups is 1. The first-order chi connectivity index (χ1) is 11.9. The van der Waals surface area contributed by atoms with Crippen molar-refractivity contribution in [2.24, 2.45) is 0 Å². The Balaban J connectivity index is 1.93. The second kappa shape index (κ2) is 8.93. The van der Waals surface area contributed by atoms with Crippen LogP contribution in [0.1, 0.15) is 6.42 Å². The molecule has 8 nitrogen and oxygen atoms in total. The molecule has 0 radical (unpaired) electrons. The first kappa shape index (κ1) is 19.4. The van der Waals surface area contributed by atoms with Crippen LogP contribution in [0.25, 0.3) is 0 Å². The Bertz CT molecular complexity index is 685. The fourth-order valence-corrected chi connectivity index (χ4v) is 3.55. The summed E-state index contributed by atoms with van der Waals surface area (Å²) in [6, 6.07) is 3.29. The van der Waals surface area contributed by atoms with Crippen LogP contribution >= 0.6 is 0 Å². The summed E-state index contributed by atoms with van der Waals surface area (Å²) in [5, 5.41) is 2.62. The minimum absolute atomic E-state index is 0.155. The number of carbonyl (C=O) groups excluding carboxylic acids is 1. The van der Waals surface area contributed by atoms with E-state index in [4.69, 9.17) is 4.74 Å². The molecule has 1 aliphatic rings. The lowest BCUT2D eigenvalue weighted by Crippen LogP contribution is -2.36. The van der Waals surface area contributed by atoms with Gasteiger partial charge in [0.05, 0.1) is 13.2 Å². The quantitative estimate of drug-likeness (QED) is 0.522. The van der Waals surface area contributed by atoms with Gasteiger partial charge in [0.1, 0.15) is 10.7 Å². The Labute approximate surface area is 148 Å². The van der Waals surface area contributed by atoms with Gasteiger partial charge in [0, 0.05) is 39.4 Å². The molecular weight excluding hydrogens is 344 g/mol. The maximum absolute atomic E-state index is 12.6. The highest BCUT2D eigenvalue weighted by atomic mass is 32.2. The van der Waals surface area contributed by atoms with E-state index < -0.39 is 10.0 Å². The number of ether oxygens (including phenoxy) is 1. The van der Waals surface area contributed by atoms with Crippen LogP contribution in [-0.2, 0) is 19.6 Å².